The smallest absolute Gasteiger partial charge is 0.133 e. The first-order chi connectivity index (χ1) is 9.11. The van der Waals surface area contributed by atoms with E-state index in [1.165, 1.54) is 24.8 Å². The number of hydrogen-bond acceptors (Lipinski definition) is 3. The second-order valence-electron chi connectivity index (χ2n) is 6.06. The van der Waals surface area contributed by atoms with Crippen molar-refractivity contribution in [2.75, 3.05) is 18.0 Å². The van der Waals surface area contributed by atoms with Crippen molar-refractivity contribution < 1.29 is 0 Å². The molecule has 1 aromatic rings. The van der Waals surface area contributed by atoms with Crippen molar-refractivity contribution in [2.24, 2.45) is 17.6 Å². The summed E-state index contributed by atoms with van der Waals surface area (Å²) in [7, 11) is 0. The number of aromatic nitrogens is 1. The lowest BCUT2D eigenvalue weighted by atomic mass is 9.89. The van der Waals surface area contributed by atoms with Crippen molar-refractivity contribution >= 4 is 5.82 Å². The fourth-order valence-electron chi connectivity index (χ4n) is 3.01. The maximum Gasteiger partial charge on any atom is 0.133 e. The highest BCUT2D eigenvalue weighted by atomic mass is 15.2. The summed E-state index contributed by atoms with van der Waals surface area (Å²) in [6.07, 6.45) is 3.89. The van der Waals surface area contributed by atoms with E-state index in [9.17, 15) is 0 Å². The summed E-state index contributed by atoms with van der Waals surface area (Å²) >= 11 is 0. The number of rotatable bonds is 3. The molecule has 1 saturated heterocycles. The van der Waals surface area contributed by atoms with Crippen molar-refractivity contribution in [2.45, 2.75) is 46.6 Å². The molecule has 2 N–H and O–H groups in total. The normalized spacial score (nSPS) is 20.7. The summed E-state index contributed by atoms with van der Waals surface area (Å²) < 4.78 is 0. The minimum Gasteiger partial charge on any atom is -0.356 e. The second-order valence-corrected chi connectivity index (χ2v) is 6.06. The van der Waals surface area contributed by atoms with E-state index < -0.39 is 0 Å². The molecular formula is C16H27N3. The van der Waals surface area contributed by atoms with Crippen LogP contribution >= 0.6 is 0 Å². The van der Waals surface area contributed by atoms with E-state index in [4.69, 9.17) is 10.7 Å². The number of anilines is 1. The average Bonchev–Trinajstić information content (AvgIpc) is 2.64. The minimum atomic E-state index is 0.576. The van der Waals surface area contributed by atoms with Gasteiger partial charge in [0.2, 0.25) is 0 Å². The van der Waals surface area contributed by atoms with Gasteiger partial charge in [0.1, 0.15) is 5.82 Å². The minimum absolute atomic E-state index is 0.576. The fraction of sp³-hybridized carbons (Fsp3) is 0.688. The molecule has 0 aromatic carbocycles. The quantitative estimate of drug-likeness (QED) is 0.909. The number of nitrogens with two attached hydrogens (primary N) is 1. The lowest BCUT2D eigenvalue weighted by Gasteiger charge is -2.25. The zero-order valence-corrected chi connectivity index (χ0v) is 12.5. The molecule has 2 heterocycles. The molecule has 3 heteroatoms. The predicted octanol–water partition coefficient (Wildman–Crippen LogP) is 3.11. The third-order valence-corrected chi connectivity index (χ3v) is 4.33. The summed E-state index contributed by atoms with van der Waals surface area (Å²) in [5.74, 6) is 2.77. The van der Waals surface area contributed by atoms with Crippen molar-refractivity contribution in [1.29, 1.82) is 0 Å². The fourth-order valence-corrected chi connectivity index (χ4v) is 3.01. The van der Waals surface area contributed by atoms with Crippen LogP contribution in [0.5, 0.6) is 0 Å². The van der Waals surface area contributed by atoms with Crippen LogP contribution in [0.15, 0.2) is 12.1 Å². The molecule has 0 spiro atoms. The molecule has 0 amide bonds. The Balaban J connectivity index is 2.16. The van der Waals surface area contributed by atoms with Crippen molar-refractivity contribution in [3.63, 3.8) is 0 Å². The van der Waals surface area contributed by atoms with Gasteiger partial charge in [-0.1, -0.05) is 19.9 Å². The number of hydrogen-bond donors (Lipinski definition) is 1. The summed E-state index contributed by atoms with van der Waals surface area (Å²) in [5, 5.41) is 0. The maximum atomic E-state index is 5.86. The molecule has 106 valence electrons. The van der Waals surface area contributed by atoms with Gasteiger partial charge in [-0.15, -0.1) is 0 Å². The van der Waals surface area contributed by atoms with Crippen LogP contribution in [0.3, 0.4) is 0 Å². The molecule has 1 unspecified atom stereocenters. The molecule has 0 bridgehead atoms. The van der Waals surface area contributed by atoms with E-state index in [2.05, 4.69) is 37.8 Å². The first-order valence-corrected chi connectivity index (χ1v) is 7.53. The van der Waals surface area contributed by atoms with Gasteiger partial charge >= 0.3 is 0 Å². The molecular weight excluding hydrogens is 234 g/mol. The van der Waals surface area contributed by atoms with Gasteiger partial charge in [-0.2, -0.15) is 0 Å². The number of nitrogens with zero attached hydrogens (tertiary/aromatic N) is 2. The Kier molecular flexibility index (Phi) is 4.81. The van der Waals surface area contributed by atoms with Gasteiger partial charge in [-0.05, 0) is 44.1 Å². The van der Waals surface area contributed by atoms with Crippen LogP contribution < -0.4 is 10.6 Å². The summed E-state index contributed by atoms with van der Waals surface area (Å²) in [6.45, 7) is 9.55. The molecule has 19 heavy (non-hydrogen) atoms. The van der Waals surface area contributed by atoms with Crippen LogP contribution in [0.4, 0.5) is 5.82 Å². The Hall–Kier alpha value is -1.09. The second kappa shape index (κ2) is 6.38. The van der Waals surface area contributed by atoms with Crippen LogP contribution in [0.2, 0.25) is 0 Å². The van der Waals surface area contributed by atoms with E-state index in [-0.39, 0.29) is 0 Å². The molecule has 1 fully saturated rings. The molecule has 1 aromatic heterocycles. The molecule has 0 aliphatic carbocycles. The third-order valence-electron chi connectivity index (χ3n) is 4.33. The highest BCUT2D eigenvalue weighted by Crippen LogP contribution is 2.28. The SMILES string of the molecule is Cc1ccc(CN)c(N2CCCC(C(C)C)CC2)n1. The molecule has 1 aliphatic rings. The summed E-state index contributed by atoms with van der Waals surface area (Å²) in [4.78, 5) is 7.17. The van der Waals surface area contributed by atoms with Crippen LogP contribution in [-0.4, -0.2) is 18.1 Å². The van der Waals surface area contributed by atoms with E-state index in [0.717, 1.165) is 36.4 Å². The van der Waals surface area contributed by atoms with Crippen LogP contribution in [0.25, 0.3) is 0 Å². The van der Waals surface area contributed by atoms with Gasteiger partial charge < -0.3 is 10.6 Å². The van der Waals surface area contributed by atoms with E-state index >= 15 is 0 Å². The Morgan fingerprint density at radius 3 is 2.79 bits per heavy atom. The van der Waals surface area contributed by atoms with Crippen molar-refractivity contribution in [1.82, 2.24) is 4.98 Å². The van der Waals surface area contributed by atoms with Crippen LogP contribution in [0, 0.1) is 18.8 Å². The zero-order chi connectivity index (χ0) is 13.8. The van der Waals surface area contributed by atoms with Crippen molar-refractivity contribution in [3.8, 4) is 0 Å². The monoisotopic (exact) mass is 261 g/mol. The average molecular weight is 261 g/mol. The predicted molar refractivity (Wildman–Crippen MR) is 81.3 cm³/mol. The molecule has 0 radical (unpaired) electrons. The highest BCUT2D eigenvalue weighted by Gasteiger charge is 2.21. The number of pyridine rings is 1. The van der Waals surface area contributed by atoms with Gasteiger partial charge in [0.05, 0.1) is 0 Å². The van der Waals surface area contributed by atoms with E-state index in [1.54, 1.807) is 0 Å². The molecule has 3 nitrogen and oxygen atoms in total. The standard InChI is InChI=1S/C16H27N3/c1-12(2)14-5-4-9-19(10-8-14)16-15(11-17)7-6-13(3)18-16/h6-7,12,14H,4-5,8-11,17H2,1-3H3. The van der Waals surface area contributed by atoms with Gasteiger partial charge in [0, 0.05) is 30.9 Å². The third kappa shape index (κ3) is 3.47. The van der Waals surface area contributed by atoms with Crippen LogP contribution in [-0.2, 0) is 6.54 Å². The summed E-state index contributed by atoms with van der Waals surface area (Å²) in [5.41, 5.74) is 8.11. The Morgan fingerprint density at radius 2 is 2.11 bits per heavy atom. The molecule has 2 rings (SSSR count). The molecule has 0 saturated carbocycles. The Morgan fingerprint density at radius 1 is 1.32 bits per heavy atom. The first-order valence-electron chi connectivity index (χ1n) is 7.53. The van der Waals surface area contributed by atoms with Crippen LogP contribution in [0.1, 0.15) is 44.4 Å². The van der Waals surface area contributed by atoms with Gasteiger partial charge in [0.15, 0.2) is 0 Å². The van der Waals surface area contributed by atoms with Gasteiger partial charge in [0.25, 0.3) is 0 Å². The largest absolute Gasteiger partial charge is 0.356 e. The lowest BCUT2D eigenvalue weighted by Crippen LogP contribution is -2.27. The van der Waals surface area contributed by atoms with Gasteiger partial charge in [-0.3, -0.25) is 0 Å². The van der Waals surface area contributed by atoms with E-state index in [1.807, 2.05) is 0 Å². The summed E-state index contributed by atoms with van der Waals surface area (Å²) in [6, 6.07) is 4.18. The van der Waals surface area contributed by atoms with E-state index in [0.29, 0.717) is 6.54 Å². The lowest BCUT2D eigenvalue weighted by molar-refractivity contribution is 0.351. The Bertz CT molecular complexity index is 414. The van der Waals surface area contributed by atoms with Crippen molar-refractivity contribution in [3.05, 3.63) is 23.4 Å². The highest BCUT2D eigenvalue weighted by molar-refractivity contribution is 5.47. The first kappa shape index (κ1) is 14.3. The molecule has 1 atom stereocenters. The maximum absolute atomic E-state index is 5.86. The van der Waals surface area contributed by atoms with Gasteiger partial charge in [-0.25, -0.2) is 4.98 Å². The molecule has 1 aliphatic heterocycles. The topological polar surface area (TPSA) is 42.1 Å². The zero-order valence-electron chi connectivity index (χ0n) is 12.5. The Labute approximate surface area is 117 Å². The number of aryl methyl sites for hydroxylation is 1.